The van der Waals surface area contributed by atoms with Gasteiger partial charge in [-0.25, -0.2) is 4.52 Å². The molecule has 1 aromatic carbocycles. The molecule has 1 saturated heterocycles. The van der Waals surface area contributed by atoms with E-state index in [-0.39, 0.29) is 12.0 Å². The number of hydrogen-bond donors (Lipinski definition) is 2. The fourth-order valence-electron chi connectivity index (χ4n) is 3.95. The molecule has 0 amide bonds. The van der Waals surface area contributed by atoms with Crippen LogP contribution in [-0.2, 0) is 21.9 Å². The minimum atomic E-state index is -1.60. The maximum absolute atomic E-state index is 11.6. The monoisotopic (exact) mass is 367 g/mol. The highest BCUT2D eigenvalue weighted by atomic mass is 16.7. The number of aliphatic hydroxyl groups is 1. The van der Waals surface area contributed by atoms with Crippen molar-refractivity contribution < 1.29 is 14.6 Å². The molecule has 1 aliphatic rings. The Labute approximate surface area is 158 Å². The molecule has 2 unspecified atom stereocenters. The Hall–Kier alpha value is -2.41. The van der Waals surface area contributed by atoms with Gasteiger partial charge >= 0.3 is 0 Å². The van der Waals surface area contributed by atoms with Crippen molar-refractivity contribution in [2.75, 3.05) is 5.73 Å². The van der Waals surface area contributed by atoms with E-state index in [1.807, 2.05) is 49.4 Å². The number of ether oxygens (including phenoxy) is 2. The van der Waals surface area contributed by atoms with Crippen LogP contribution in [0.3, 0.4) is 0 Å². The first kappa shape index (κ1) is 18.0. The summed E-state index contributed by atoms with van der Waals surface area (Å²) >= 11 is 0. The minimum Gasteiger partial charge on any atom is -0.397 e. The van der Waals surface area contributed by atoms with Crippen molar-refractivity contribution in [2.45, 2.75) is 44.9 Å². The van der Waals surface area contributed by atoms with Crippen LogP contribution < -0.4 is 5.73 Å². The Balaban J connectivity index is 1.71. The number of aromatic nitrogens is 2. The van der Waals surface area contributed by atoms with E-state index < -0.39 is 11.9 Å². The molecule has 0 bridgehead atoms. The lowest BCUT2D eigenvalue weighted by molar-refractivity contribution is -0.251. The fraction of sp³-hybridized carbons (Fsp3) is 0.381. The van der Waals surface area contributed by atoms with Gasteiger partial charge in [-0.1, -0.05) is 44.2 Å². The summed E-state index contributed by atoms with van der Waals surface area (Å²) in [5.74, 6) is -1.57. The second-order valence-corrected chi connectivity index (χ2v) is 7.14. The lowest BCUT2D eigenvalue weighted by atomic mass is 9.93. The van der Waals surface area contributed by atoms with Crippen LogP contribution in [0.2, 0.25) is 0 Å². The van der Waals surface area contributed by atoms with Crippen molar-refractivity contribution in [2.24, 2.45) is 5.92 Å². The molecule has 142 valence electrons. The van der Waals surface area contributed by atoms with Gasteiger partial charge in [0.1, 0.15) is 11.8 Å². The van der Waals surface area contributed by atoms with Crippen molar-refractivity contribution in [3.05, 3.63) is 66.0 Å². The Morgan fingerprint density at radius 3 is 2.74 bits per heavy atom. The summed E-state index contributed by atoms with van der Waals surface area (Å²) in [5.41, 5.74) is 8.96. The predicted molar refractivity (Wildman–Crippen MR) is 103 cm³/mol. The quantitative estimate of drug-likeness (QED) is 0.724. The van der Waals surface area contributed by atoms with E-state index in [0.717, 1.165) is 17.5 Å². The van der Waals surface area contributed by atoms with E-state index in [4.69, 9.17) is 15.2 Å². The third-order valence-electron chi connectivity index (χ3n) is 5.41. The molecule has 3 aromatic rings. The van der Waals surface area contributed by atoms with E-state index in [1.165, 1.54) is 0 Å². The second kappa shape index (κ2) is 6.96. The van der Waals surface area contributed by atoms with Crippen LogP contribution in [0.4, 0.5) is 5.69 Å². The zero-order valence-electron chi connectivity index (χ0n) is 15.6. The van der Waals surface area contributed by atoms with Gasteiger partial charge in [-0.2, -0.15) is 5.10 Å². The highest BCUT2D eigenvalue weighted by Gasteiger charge is 2.55. The topological polar surface area (TPSA) is 82.0 Å². The van der Waals surface area contributed by atoms with Crippen molar-refractivity contribution in [3.8, 4) is 0 Å². The van der Waals surface area contributed by atoms with E-state index >= 15 is 0 Å². The number of anilines is 1. The van der Waals surface area contributed by atoms with Gasteiger partial charge in [-0.05, 0) is 30.2 Å². The van der Waals surface area contributed by atoms with Crippen LogP contribution in [-0.4, -0.2) is 26.9 Å². The molecule has 2 aromatic heterocycles. The van der Waals surface area contributed by atoms with E-state index in [0.29, 0.717) is 18.0 Å². The molecule has 0 radical (unpaired) electrons. The van der Waals surface area contributed by atoms with Crippen LogP contribution in [0.1, 0.15) is 31.5 Å². The molecule has 3 heterocycles. The number of fused-ring (bicyclic) bond motifs is 1. The molecule has 1 aliphatic heterocycles. The lowest BCUT2D eigenvalue weighted by Crippen LogP contribution is -2.41. The average molecular weight is 367 g/mol. The Kier molecular flexibility index (Phi) is 4.63. The predicted octanol–water partition coefficient (Wildman–Crippen LogP) is 3.09. The molecule has 4 rings (SSSR count). The van der Waals surface area contributed by atoms with E-state index in [9.17, 15) is 5.11 Å². The third kappa shape index (κ3) is 3.00. The van der Waals surface area contributed by atoms with Gasteiger partial charge in [-0.3, -0.25) is 0 Å². The second-order valence-electron chi connectivity index (χ2n) is 7.14. The molecule has 0 saturated carbocycles. The highest BCUT2D eigenvalue weighted by Crippen LogP contribution is 2.44. The molecule has 27 heavy (non-hydrogen) atoms. The molecular weight excluding hydrogens is 342 g/mol. The summed E-state index contributed by atoms with van der Waals surface area (Å²) < 4.78 is 14.0. The Morgan fingerprint density at radius 2 is 2.00 bits per heavy atom. The van der Waals surface area contributed by atoms with Crippen molar-refractivity contribution in [1.29, 1.82) is 0 Å². The number of nitrogens with two attached hydrogens (primary N) is 1. The Bertz CT molecular complexity index is 927. The standard InChI is InChI=1S/C21H25N3O3/c1-3-18-14(2)20(26-13-15-7-5-4-6-8-15)21(25,27-18)19-10-9-17-16(22)11-12-23-24(17)19/h4-12,14,18,20,25H,3,13,22H2,1-2H3/t14-,18-,20?,21?/m1/s1. The van der Waals surface area contributed by atoms with Crippen LogP contribution in [0.5, 0.6) is 0 Å². The molecule has 0 aliphatic carbocycles. The number of nitrogens with zero attached hydrogens (tertiary/aromatic N) is 2. The highest BCUT2D eigenvalue weighted by molar-refractivity contribution is 5.69. The van der Waals surface area contributed by atoms with Gasteiger partial charge in [0.2, 0.25) is 5.79 Å². The van der Waals surface area contributed by atoms with Crippen LogP contribution in [0, 0.1) is 5.92 Å². The summed E-state index contributed by atoms with van der Waals surface area (Å²) in [6, 6.07) is 15.3. The summed E-state index contributed by atoms with van der Waals surface area (Å²) in [5, 5.41) is 16.0. The molecule has 1 fully saturated rings. The maximum Gasteiger partial charge on any atom is 0.237 e. The van der Waals surface area contributed by atoms with E-state index in [1.54, 1.807) is 16.8 Å². The van der Waals surface area contributed by atoms with Crippen molar-refractivity contribution in [1.82, 2.24) is 9.61 Å². The van der Waals surface area contributed by atoms with Crippen molar-refractivity contribution >= 4 is 11.2 Å². The molecule has 6 nitrogen and oxygen atoms in total. The first-order valence-electron chi connectivity index (χ1n) is 9.33. The molecule has 0 spiro atoms. The van der Waals surface area contributed by atoms with Gasteiger partial charge in [-0.15, -0.1) is 0 Å². The molecule has 4 atom stereocenters. The zero-order valence-corrected chi connectivity index (χ0v) is 15.6. The molecule has 3 N–H and O–H groups in total. The zero-order chi connectivity index (χ0) is 19.0. The maximum atomic E-state index is 11.6. The fourth-order valence-corrected chi connectivity index (χ4v) is 3.95. The van der Waals surface area contributed by atoms with Gasteiger partial charge in [0.05, 0.1) is 23.9 Å². The summed E-state index contributed by atoms with van der Waals surface area (Å²) in [7, 11) is 0. The average Bonchev–Trinajstić information content (AvgIpc) is 3.22. The SMILES string of the molecule is CC[C@H]1OC(O)(c2ccc3c(N)ccnn23)C(OCc2ccccc2)[C@@H]1C. The van der Waals surface area contributed by atoms with Gasteiger partial charge in [0.15, 0.2) is 0 Å². The number of hydrogen-bond acceptors (Lipinski definition) is 5. The van der Waals surface area contributed by atoms with Crippen LogP contribution in [0.25, 0.3) is 5.52 Å². The minimum absolute atomic E-state index is 0.0234. The summed E-state index contributed by atoms with van der Waals surface area (Å²) in [6.07, 6.45) is 1.77. The molecule has 6 heteroatoms. The van der Waals surface area contributed by atoms with Crippen LogP contribution >= 0.6 is 0 Å². The Morgan fingerprint density at radius 1 is 1.22 bits per heavy atom. The largest absolute Gasteiger partial charge is 0.397 e. The number of benzene rings is 1. The van der Waals surface area contributed by atoms with Crippen molar-refractivity contribution in [3.63, 3.8) is 0 Å². The number of nitrogen functional groups attached to an aromatic ring is 1. The number of rotatable bonds is 5. The van der Waals surface area contributed by atoms with Gasteiger partial charge in [0.25, 0.3) is 0 Å². The summed E-state index contributed by atoms with van der Waals surface area (Å²) in [4.78, 5) is 0. The van der Waals surface area contributed by atoms with E-state index in [2.05, 4.69) is 12.0 Å². The summed E-state index contributed by atoms with van der Waals surface area (Å²) in [6.45, 7) is 4.50. The van der Waals surface area contributed by atoms with Gasteiger partial charge in [0, 0.05) is 12.1 Å². The lowest BCUT2D eigenvalue weighted by Gasteiger charge is -2.29. The normalized spacial score (nSPS) is 28.0. The smallest absolute Gasteiger partial charge is 0.237 e. The third-order valence-corrected chi connectivity index (χ3v) is 5.41. The van der Waals surface area contributed by atoms with Crippen LogP contribution in [0.15, 0.2) is 54.7 Å². The first-order valence-corrected chi connectivity index (χ1v) is 9.33. The van der Waals surface area contributed by atoms with Gasteiger partial charge < -0.3 is 20.3 Å². The first-order chi connectivity index (χ1) is 13.0. The molecular formula is C21H25N3O3.